The van der Waals surface area contributed by atoms with Gasteiger partial charge >= 0.3 is 0 Å². The van der Waals surface area contributed by atoms with Gasteiger partial charge in [0.25, 0.3) is 0 Å². The molecule has 138 valence electrons. The maximum atomic E-state index is 12.3. The van der Waals surface area contributed by atoms with E-state index >= 15 is 0 Å². The highest BCUT2D eigenvalue weighted by molar-refractivity contribution is 7.13. The molecule has 0 bridgehead atoms. The summed E-state index contributed by atoms with van der Waals surface area (Å²) < 4.78 is 0. The molecule has 2 heterocycles. The highest BCUT2D eigenvalue weighted by Crippen LogP contribution is 2.25. The van der Waals surface area contributed by atoms with Gasteiger partial charge < -0.3 is 11.1 Å². The number of hydrogen-bond donors (Lipinski definition) is 2. The van der Waals surface area contributed by atoms with Gasteiger partial charge in [-0.3, -0.25) is 9.78 Å². The Bertz CT molecular complexity index is 653. The van der Waals surface area contributed by atoms with E-state index in [1.165, 1.54) is 12.8 Å². The van der Waals surface area contributed by atoms with Gasteiger partial charge in [-0.2, -0.15) is 0 Å². The number of hydrogen-bond acceptors (Lipinski definition) is 5. The zero-order valence-electron chi connectivity index (χ0n) is 13.9. The molecule has 1 fully saturated rings. The lowest BCUT2D eigenvalue weighted by Crippen LogP contribution is -2.45. The molecule has 5 nitrogen and oxygen atoms in total. The quantitative estimate of drug-likeness (QED) is 0.803. The molecular formula is C17H24Cl2N4OS. The number of nitrogens with zero attached hydrogens (tertiary/aromatic N) is 2. The van der Waals surface area contributed by atoms with Crippen molar-refractivity contribution in [2.24, 2.45) is 11.7 Å². The predicted molar refractivity (Wildman–Crippen MR) is 106 cm³/mol. The highest BCUT2D eigenvalue weighted by Gasteiger charge is 2.25. The van der Waals surface area contributed by atoms with Gasteiger partial charge in [0.05, 0.1) is 12.1 Å². The van der Waals surface area contributed by atoms with Crippen LogP contribution in [0, 0.1) is 5.92 Å². The summed E-state index contributed by atoms with van der Waals surface area (Å²) in [4.78, 5) is 20.9. The van der Waals surface area contributed by atoms with Crippen LogP contribution in [-0.4, -0.2) is 28.5 Å². The molecule has 3 rings (SSSR count). The Kier molecular flexibility index (Phi) is 9.35. The SMILES string of the molecule is Cl.Cl.NCC1CCCCC1NC(=O)Cc1csc(-c2cccnc2)n1. The lowest BCUT2D eigenvalue weighted by Gasteiger charge is -2.31. The fourth-order valence-corrected chi connectivity index (χ4v) is 3.92. The van der Waals surface area contributed by atoms with Crippen molar-refractivity contribution in [2.45, 2.75) is 38.1 Å². The monoisotopic (exact) mass is 402 g/mol. The Morgan fingerprint density at radius 2 is 2.12 bits per heavy atom. The van der Waals surface area contributed by atoms with Crippen molar-refractivity contribution >= 4 is 42.1 Å². The molecule has 2 aromatic rings. The van der Waals surface area contributed by atoms with Crippen LogP contribution in [0.1, 0.15) is 31.4 Å². The minimum atomic E-state index is 0. The van der Waals surface area contributed by atoms with E-state index in [-0.39, 0.29) is 36.8 Å². The zero-order valence-corrected chi connectivity index (χ0v) is 16.3. The third-order valence-electron chi connectivity index (χ3n) is 4.36. The minimum Gasteiger partial charge on any atom is -0.353 e. The summed E-state index contributed by atoms with van der Waals surface area (Å²) in [5.74, 6) is 0.451. The fraction of sp³-hybridized carbons (Fsp3) is 0.471. The summed E-state index contributed by atoms with van der Waals surface area (Å²) in [5, 5.41) is 6.00. The van der Waals surface area contributed by atoms with Crippen LogP contribution in [0.4, 0.5) is 0 Å². The van der Waals surface area contributed by atoms with Crippen LogP contribution in [-0.2, 0) is 11.2 Å². The van der Waals surface area contributed by atoms with E-state index in [2.05, 4.69) is 15.3 Å². The summed E-state index contributed by atoms with van der Waals surface area (Å²) >= 11 is 1.54. The number of aromatic nitrogens is 2. The van der Waals surface area contributed by atoms with Crippen LogP contribution in [0.15, 0.2) is 29.9 Å². The Morgan fingerprint density at radius 1 is 1.32 bits per heavy atom. The Hall–Kier alpha value is -1.21. The number of nitrogens with two attached hydrogens (primary N) is 1. The van der Waals surface area contributed by atoms with Crippen molar-refractivity contribution in [3.63, 3.8) is 0 Å². The Morgan fingerprint density at radius 3 is 2.84 bits per heavy atom. The zero-order chi connectivity index (χ0) is 16.1. The average molecular weight is 403 g/mol. The van der Waals surface area contributed by atoms with E-state index < -0.39 is 0 Å². The van der Waals surface area contributed by atoms with Gasteiger partial charge in [-0.1, -0.05) is 12.8 Å². The number of halogens is 2. The van der Waals surface area contributed by atoms with Gasteiger partial charge in [0, 0.05) is 29.4 Å². The molecule has 2 atom stereocenters. The average Bonchev–Trinajstić information content (AvgIpc) is 3.04. The molecule has 25 heavy (non-hydrogen) atoms. The summed E-state index contributed by atoms with van der Waals surface area (Å²) in [6.45, 7) is 0.646. The maximum absolute atomic E-state index is 12.3. The molecule has 3 N–H and O–H groups in total. The Labute approximate surface area is 164 Å². The van der Waals surface area contributed by atoms with Crippen LogP contribution < -0.4 is 11.1 Å². The van der Waals surface area contributed by atoms with Crippen LogP contribution in [0.5, 0.6) is 0 Å². The summed E-state index contributed by atoms with van der Waals surface area (Å²) in [7, 11) is 0. The second-order valence-electron chi connectivity index (χ2n) is 6.02. The number of rotatable bonds is 5. The topological polar surface area (TPSA) is 80.9 Å². The lowest BCUT2D eigenvalue weighted by molar-refractivity contribution is -0.121. The number of carbonyl (C=O) groups is 1. The Balaban J connectivity index is 0.00000156. The summed E-state index contributed by atoms with van der Waals surface area (Å²) in [5.41, 5.74) is 7.62. The van der Waals surface area contributed by atoms with Gasteiger partial charge in [-0.05, 0) is 37.4 Å². The molecule has 0 radical (unpaired) electrons. The van der Waals surface area contributed by atoms with Gasteiger partial charge in [0.2, 0.25) is 5.91 Å². The molecule has 8 heteroatoms. The molecule has 1 saturated carbocycles. The van der Waals surface area contributed by atoms with Gasteiger partial charge in [0.1, 0.15) is 5.01 Å². The molecule has 0 spiro atoms. The van der Waals surface area contributed by atoms with E-state index in [0.717, 1.165) is 29.1 Å². The molecule has 2 aromatic heterocycles. The standard InChI is InChI=1S/C17H22N4OS.2ClH/c18-9-12-4-1-2-6-15(12)21-16(22)8-14-11-23-17(20-14)13-5-3-7-19-10-13;;/h3,5,7,10-12,15H,1-2,4,6,8-9,18H2,(H,21,22);2*1H. The second-order valence-corrected chi connectivity index (χ2v) is 6.87. The van der Waals surface area contributed by atoms with Crippen LogP contribution >= 0.6 is 36.2 Å². The van der Waals surface area contributed by atoms with Crippen molar-refractivity contribution in [1.29, 1.82) is 0 Å². The van der Waals surface area contributed by atoms with Crippen molar-refractivity contribution in [3.05, 3.63) is 35.6 Å². The first-order valence-corrected chi connectivity index (χ1v) is 8.98. The molecule has 0 aliphatic heterocycles. The lowest BCUT2D eigenvalue weighted by atomic mass is 9.84. The molecule has 2 unspecified atom stereocenters. The normalized spacial score (nSPS) is 19.4. The molecule has 1 aliphatic carbocycles. The van der Waals surface area contributed by atoms with Crippen molar-refractivity contribution in [2.75, 3.05) is 6.54 Å². The number of nitrogens with one attached hydrogen (secondary N) is 1. The molecule has 1 amide bonds. The first-order chi connectivity index (χ1) is 11.3. The molecule has 0 saturated heterocycles. The smallest absolute Gasteiger partial charge is 0.226 e. The molecule has 1 aliphatic rings. The second kappa shape index (κ2) is 10.7. The summed E-state index contributed by atoms with van der Waals surface area (Å²) in [6.07, 6.45) is 8.39. The van der Waals surface area contributed by atoms with E-state index in [1.807, 2.05) is 17.5 Å². The molecule has 0 aromatic carbocycles. The largest absolute Gasteiger partial charge is 0.353 e. The van der Waals surface area contributed by atoms with Gasteiger partial charge in [0.15, 0.2) is 0 Å². The third kappa shape index (κ3) is 5.92. The third-order valence-corrected chi connectivity index (χ3v) is 5.30. The molecular weight excluding hydrogens is 379 g/mol. The number of pyridine rings is 1. The minimum absolute atomic E-state index is 0. The van der Waals surface area contributed by atoms with Crippen molar-refractivity contribution in [1.82, 2.24) is 15.3 Å². The maximum Gasteiger partial charge on any atom is 0.226 e. The predicted octanol–water partition coefficient (Wildman–Crippen LogP) is 3.22. The van der Waals surface area contributed by atoms with Crippen molar-refractivity contribution < 1.29 is 4.79 Å². The van der Waals surface area contributed by atoms with E-state index in [4.69, 9.17) is 5.73 Å². The fourth-order valence-electron chi connectivity index (χ4n) is 3.11. The number of carbonyl (C=O) groups excluding carboxylic acids is 1. The van der Waals surface area contributed by atoms with E-state index in [0.29, 0.717) is 18.9 Å². The number of amides is 1. The summed E-state index contributed by atoms with van der Waals surface area (Å²) in [6, 6.07) is 4.08. The van der Waals surface area contributed by atoms with Crippen LogP contribution in [0.3, 0.4) is 0 Å². The van der Waals surface area contributed by atoms with E-state index in [1.54, 1.807) is 23.7 Å². The first-order valence-electron chi connectivity index (χ1n) is 8.10. The van der Waals surface area contributed by atoms with Gasteiger partial charge in [-0.25, -0.2) is 4.98 Å². The first kappa shape index (κ1) is 21.8. The van der Waals surface area contributed by atoms with Crippen LogP contribution in [0.25, 0.3) is 10.6 Å². The number of thiazole rings is 1. The van der Waals surface area contributed by atoms with Gasteiger partial charge in [-0.15, -0.1) is 36.2 Å². The van der Waals surface area contributed by atoms with Crippen molar-refractivity contribution in [3.8, 4) is 10.6 Å². The highest BCUT2D eigenvalue weighted by atomic mass is 35.5. The van der Waals surface area contributed by atoms with Crippen LogP contribution in [0.2, 0.25) is 0 Å². The van der Waals surface area contributed by atoms with E-state index in [9.17, 15) is 4.79 Å².